The molecule has 0 aliphatic carbocycles. The summed E-state index contributed by atoms with van der Waals surface area (Å²) in [6.45, 7) is 7.15. The first-order chi connectivity index (χ1) is 5.24. The average molecular weight is 151 g/mol. The van der Waals surface area contributed by atoms with Crippen LogP contribution in [0.4, 0.5) is 0 Å². The Labute approximate surface area is 69.1 Å². The van der Waals surface area contributed by atoms with Crippen LogP contribution in [-0.4, -0.2) is 23.5 Å². The molecule has 0 radical (unpaired) electrons. The molecular formula is C10H17N. The molecular weight excluding hydrogens is 134 g/mol. The van der Waals surface area contributed by atoms with E-state index in [1.807, 2.05) is 0 Å². The van der Waals surface area contributed by atoms with Crippen molar-refractivity contribution in [2.75, 3.05) is 13.1 Å². The van der Waals surface area contributed by atoms with Gasteiger partial charge in [-0.3, -0.25) is 4.90 Å². The van der Waals surface area contributed by atoms with Crippen LogP contribution in [0, 0.1) is 0 Å². The smallest absolute Gasteiger partial charge is 0.0222 e. The van der Waals surface area contributed by atoms with Crippen LogP contribution in [0.25, 0.3) is 0 Å². The lowest BCUT2D eigenvalue weighted by molar-refractivity contribution is 0.218. The lowest BCUT2D eigenvalue weighted by Gasteiger charge is -2.25. The fourth-order valence-electron chi connectivity index (χ4n) is 2.53. The molecule has 0 spiro atoms. The third-order valence-corrected chi connectivity index (χ3v) is 3.32. The molecule has 1 nitrogen and oxygen atoms in total. The van der Waals surface area contributed by atoms with E-state index in [1.165, 1.54) is 32.4 Å². The van der Waals surface area contributed by atoms with Crippen LogP contribution in [-0.2, 0) is 0 Å². The van der Waals surface area contributed by atoms with Crippen molar-refractivity contribution in [3.8, 4) is 0 Å². The Bertz CT molecular complexity index is 195. The van der Waals surface area contributed by atoms with E-state index in [-0.39, 0.29) is 0 Å². The lowest BCUT2D eigenvalue weighted by Crippen LogP contribution is -2.34. The van der Waals surface area contributed by atoms with Crippen molar-refractivity contribution >= 4 is 0 Å². The van der Waals surface area contributed by atoms with Crippen molar-refractivity contribution in [3.63, 3.8) is 0 Å². The van der Waals surface area contributed by atoms with Crippen molar-refractivity contribution in [3.05, 3.63) is 11.6 Å². The fourth-order valence-corrected chi connectivity index (χ4v) is 2.53. The Hall–Kier alpha value is -0.300. The lowest BCUT2D eigenvalue weighted by atomic mass is 9.95. The summed E-state index contributed by atoms with van der Waals surface area (Å²) in [7, 11) is 0. The third-order valence-electron chi connectivity index (χ3n) is 3.32. The molecule has 2 heterocycles. The van der Waals surface area contributed by atoms with Gasteiger partial charge in [-0.25, -0.2) is 0 Å². The van der Waals surface area contributed by atoms with Gasteiger partial charge >= 0.3 is 0 Å². The van der Waals surface area contributed by atoms with Crippen molar-refractivity contribution < 1.29 is 0 Å². The van der Waals surface area contributed by atoms with E-state index in [4.69, 9.17) is 0 Å². The van der Waals surface area contributed by atoms with Crippen molar-refractivity contribution in [1.82, 2.24) is 4.90 Å². The highest BCUT2D eigenvalue weighted by atomic mass is 15.2. The van der Waals surface area contributed by atoms with E-state index < -0.39 is 0 Å². The van der Waals surface area contributed by atoms with Crippen LogP contribution >= 0.6 is 0 Å². The van der Waals surface area contributed by atoms with E-state index in [0.29, 0.717) is 5.54 Å². The third kappa shape index (κ3) is 1.02. The minimum absolute atomic E-state index is 0.543. The van der Waals surface area contributed by atoms with Gasteiger partial charge in [-0.05, 0) is 39.7 Å². The predicted octanol–water partition coefficient (Wildman–Crippen LogP) is 2.19. The first-order valence-corrected chi connectivity index (χ1v) is 4.64. The van der Waals surface area contributed by atoms with E-state index in [1.54, 1.807) is 5.57 Å². The first-order valence-electron chi connectivity index (χ1n) is 4.64. The van der Waals surface area contributed by atoms with Crippen molar-refractivity contribution in [2.24, 2.45) is 0 Å². The van der Waals surface area contributed by atoms with E-state index in [9.17, 15) is 0 Å². The number of fused-ring (bicyclic) bond motifs is 1. The number of nitrogens with zero attached hydrogens (tertiary/aromatic N) is 1. The maximum absolute atomic E-state index is 2.64. The molecule has 0 amide bonds. The zero-order valence-electron chi connectivity index (χ0n) is 7.56. The molecule has 2 aliphatic rings. The molecule has 0 saturated carbocycles. The minimum Gasteiger partial charge on any atom is -0.294 e. The van der Waals surface area contributed by atoms with Crippen LogP contribution in [0.15, 0.2) is 11.6 Å². The van der Waals surface area contributed by atoms with Crippen LogP contribution in [0.2, 0.25) is 0 Å². The van der Waals surface area contributed by atoms with Crippen LogP contribution in [0.1, 0.15) is 33.1 Å². The molecule has 1 heteroatoms. The second-order valence-corrected chi connectivity index (χ2v) is 4.15. The topological polar surface area (TPSA) is 3.24 Å². The van der Waals surface area contributed by atoms with Gasteiger partial charge in [0.05, 0.1) is 0 Å². The summed E-state index contributed by atoms with van der Waals surface area (Å²) in [5.41, 5.74) is 2.19. The molecule has 2 saturated heterocycles. The van der Waals surface area contributed by atoms with E-state index in [2.05, 4.69) is 24.8 Å². The molecule has 0 aromatic heterocycles. The molecule has 2 aliphatic heterocycles. The molecule has 0 bridgehead atoms. The molecule has 0 aromatic rings. The molecule has 0 N–H and O–H groups in total. The second-order valence-electron chi connectivity index (χ2n) is 4.15. The summed E-state index contributed by atoms with van der Waals surface area (Å²) in [6.07, 6.45) is 6.44. The summed E-state index contributed by atoms with van der Waals surface area (Å²) in [6, 6.07) is 0. The number of allylic oxidation sites excluding steroid dienone is 1. The molecule has 0 unspecified atom stereocenters. The number of rotatable bonds is 0. The minimum atomic E-state index is 0.543. The fraction of sp³-hybridized carbons (Fsp3) is 0.800. The normalized spacial score (nSPS) is 41.8. The van der Waals surface area contributed by atoms with Crippen LogP contribution < -0.4 is 0 Å². The van der Waals surface area contributed by atoms with Gasteiger partial charge in [0.2, 0.25) is 0 Å². The van der Waals surface area contributed by atoms with Gasteiger partial charge in [0, 0.05) is 12.1 Å². The summed E-state index contributed by atoms with van der Waals surface area (Å²) in [5, 5.41) is 0. The van der Waals surface area contributed by atoms with E-state index in [0.717, 1.165) is 0 Å². The second kappa shape index (κ2) is 2.34. The Balaban J connectivity index is 2.19. The maximum Gasteiger partial charge on any atom is 0.0222 e. The highest BCUT2D eigenvalue weighted by Gasteiger charge is 2.41. The monoisotopic (exact) mass is 151 g/mol. The zero-order chi connectivity index (χ0) is 7.90. The van der Waals surface area contributed by atoms with Gasteiger partial charge in [0.1, 0.15) is 0 Å². The van der Waals surface area contributed by atoms with Gasteiger partial charge in [-0.1, -0.05) is 11.6 Å². The van der Waals surface area contributed by atoms with Crippen molar-refractivity contribution in [1.29, 1.82) is 0 Å². The van der Waals surface area contributed by atoms with Gasteiger partial charge in [-0.2, -0.15) is 0 Å². The highest BCUT2D eigenvalue weighted by molar-refractivity contribution is 5.18. The molecule has 2 rings (SSSR count). The van der Waals surface area contributed by atoms with Gasteiger partial charge in [0.25, 0.3) is 0 Å². The van der Waals surface area contributed by atoms with Crippen molar-refractivity contribution in [2.45, 2.75) is 38.6 Å². The first kappa shape index (κ1) is 7.35. The average Bonchev–Trinajstić information content (AvgIpc) is 2.42. The largest absolute Gasteiger partial charge is 0.294 e. The number of hydrogen-bond donors (Lipinski definition) is 0. The Morgan fingerprint density at radius 3 is 3.00 bits per heavy atom. The molecule has 2 fully saturated rings. The Kier molecular flexibility index (Phi) is 1.57. The molecule has 62 valence electrons. The molecule has 11 heavy (non-hydrogen) atoms. The van der Waals surface area contributed by atoms with Crippen LogP contribution in [0.3, 0.4) is 0 Å². The van der Waals surface area contributed by atoms with Gasteiger partial charge in [0.15, 0.2) is 0 Å². The molecule has 0 aromatic carbocycles. The summed E-state index contributed by atoms with van der Waals surface area (Å²) >= 11 is 0. The van der Waals surface area contributed by atoms with Crippen LogP contribution in [0.5, 0.6) is 0 Å². The summed E-state index contributed by atoms with van der Waals surface area (Å²) < 4.78 is 0. The standard InChI is InChI=1S/C10H17N/c1-3-9-7-10(2)5-4-6-11(10)8-9/h3H,4-8H2,1-2H3/b9-3+/t10-/m0/s1. The van der Waals surface area contributed by atoms with E-state index >= 15 is 0 Å². The number of hydrogen-bond acceptors (Lipinski definition) is 1. The Morgan fingerprint density at radius 1 is 1.55 bits per heavy atom. The SMILES string of the molecule is C/C=C1/CN2CCC[C@@]2(C)C1. The molecule has 1 atom stereocenters. The quantitative estimate of drug-likeness (QED) is 0.480. The summed E-state index contributed by atoms with van der Waals surface area (Å²) in [5.74, 6) is 0. The summed E-state index contributed by atoms with van der Waals surface area (Å²) in [4.78, 5) is 2.64. The predicted molar refractivity (Wildman–Crippen MR) is 47.6 cm³/mol. The highest BCUT2D eigenvalue weighted by Crippen LogP contribution is 2.40. The van der Waals surface area contributed by atoms with Gasteiger partial charge in [-0.15, -0.1) is 0 Å². The van der Waals surface area contributed by atoms with Gasteiger partial charge < -0.3 is 0 Å². The zero-order valence-corrected chi connectivity index (χ0v) is 7.56. The Morgan fingerprint density at radius 2 is 2.36 bits per heavy atom. The maximum atomic E-state index is 2.64.